The molecule has 1 heterocycles. The second-order valence-corrected chi connectivity index (χ2v) is 5.63. The summed E-state index contributed by atoms with van der Waals surface area (Å²) in [6, 6.07) is 7.28. The lowest BCUT2D eigenvalue weighted by Crippen LogP contribution is -2.40. The number of aliphatic hydroxyl groups excluding tert-OH is 1. The summed E-state index contributed by atoms with van der Waals surface area (Å²) in [6.45, 7) is 5.54. The van der Waals surface area contributed by atoms with Gasteiger partial charge in [-0.1, -0.05) is 0 Å². The molecule has 2 rings (SSSR count). The number of hydrogen-bond donors (Lipinski definition) is 1. The highest BCUT2D eigenvalue weighted by atomic mass is 16.5. The Morgan fingerprint density at radius 3 is 2.70 bits per heavy atom. The van der Waals surface area contributed by atoms with Crippen molar-refractivity contribution in [3.8, 4) is 5.75 Å². The van der Waals surface area contributed by atoms with Gasteiger partial charge in [0.15, 0.2) is 0 Å². The molecule has 1 N–H and O–H groups in total. The summed E-state index contributed by atoms with van der Waals surface area (Å²) in [5.41, 5.74) is 0.680. The maximum atomic E-state index is 12.4. The van der Waals surface area contributed by atoms with Gasteiger partial charge in [-0.25, -0.2) is 0 Å². The average molecular weight is 277 g/mol. The number of likely N-dealkylation sites (tertiary alicyclic amines) is 1. The van der Waals surface area contributed by atoms with Gasteiger partial charge in [-0.05, 0) is 56.9 Å². The number of ether oxygens (including phenoxy) is 1. The van der Waals surface area contributed by atoms with Crippen LogP contribution in [0.25, 0.3) is 0 Å². The Hall–Kier alpha value is -1.55. The van der Waals surface area contributed by atoms with Crippen molar-refractivity contribution in [1.82, 2.24) is 4.90 Å². The lowest BCUT2D eigenvalue weighted by atomic mass is 9.98. The van der Waals surface area contributed by atoms with Gasteiger partial charge in [0.1, 0.15) is 5.75 Å². The molecular formula is C16H23NO3. The van der Waals surface area contributed by atoms with E-state index in [4.69, 9.17) is 4.74 Å². The molecule has 0 radical (unpaired) electrons. The number of piperidine rings is 1. The van der Waals surface area contributed by atoms with E-state index in [0.717, 1.165) is 25.1 Å². The summed E-state index contributed by atoms with van der Waals surface area (Å²) in [4.78, 5) is 14.2. The zero-order chi connectivity index (χ0) is 14.5. The molecule has 20 heavy (non-hydrogen) atoms. The molecule has 0 saturated carbocycles. The summed E-state index contributed by atoms with van der Waals surface area (Å²) in [5.74, 6) is 1.04. The molecule has 4 nitrogen and oxygen atoms in total. The molecule has 1 unspecified atom stereocenters. The molecule has 1 aliphatic rings. The van der Waals surface area contributed by atoms with Gasteiger partial charge < -0.3 is 14.7 Å². The molecule has 1 aromatic rings. The van der Waals surface area contributed by atoms with E-state index in [0.29, 0.717) is 12.1 Å². The molecule has 1 amide bonds. The monoisotopic (exact) mass is 277 g/mol. The maximum Gasteiger partial charge on any atom is 0.253 e. The lowest BCUT2D eigenvalue weighted by molar-refractivity contribution is 0.0620. The van der Waals surface area contributed by atoms with Crippen LogP contribution in [0.15, 0.2) is 24.3 Å². The first kappa shape index (κ1) is 14.9. The van der Waals surface area contributed by atoms with Gasteiger partial charge in [0, 0.05) is 25.3 Å². The van der Waals surface area contributed by atoms with E-state index >= 15 is 0 Å². The van der Waals surface area contributed by atoms with Crippen molar-refractivity contribution in [2.75, 3.05) is 19.7 Å². The second-order valence-electron chi connectivity index (χ2n) is 5.63. The van der Waals surface area contributed by atoms with Crippen molar-refractivity contribution in [3.63, 3.8) is 0 Å². The molecular weight excluding hydrogens is 254 g/mol. The van der Waals surface area contributed by atoms with E-state index < -0.39 is 0 Å². The van der Waals surface area contributed by atoms with Crippen molar-refractivity contribution in [2.24, 2.45) is 5.92 Å². The number of rotatable bonds is 4. The van der Waals surface area contributed by atoms with Gasteiger partial charge in [0.2, 0.25) is 0 Å². The van der Waals surface area contributed by atoms with Crippen LogP contribution in [0, 0.1) is 5.92 Å². The highest BCUT2D eigenvalue weighted by Gasteiger charge is 2.23. The summed E-state index contributed by atoms with van der Waals surface area (Å²) in [5, 5.41) is 9.23. The van der Waals surface area contributed by atoms with Gasteiger partial charge in [0.05, 0.1) is 6.10 Å². The van der Waals surface area contributed by atoms with Crippen LogP contribution in [0.4, 0.5) is 0 Å². The van der Waals surface area contributed by atoms with E-state index in [1.165, 1.54) is 0 Å². The van der Waals surface area contributed by atoms with Crippen LogP contribution in [0.5, 0.6) is 5.75 Å². The summed E-state index contributed by atoms with van der Waals surface area (Å²) in [7, 11) is 0. The largest absolute Gasteiger partial charge is 0.491 e. The molecule has 0 aromatic heterocycles. The van der Waals surface area contributed by atoms with Crippen LogP contribution in [0.2, 0.25) is 0 Å². The minimum atomic E-state index is 0.0410. The predicted octanol–water partition coefficient (Wildman–Crippen LogP) is 2.32. The zero-order valence-corrected chi connectivity index (χ0v) is 12.2. The van der Waals surface area contributed by atoms with Crippen molar-refractivity contribution in [1.29, 1.82) is 0 Å². The Morgan fingerprint density at radius 1 is 1.40 bits per heavy atom. The van der Waals surface area contributed by atoms with Crippen molar-refractivity contribution >= 4 is 5.91 Å². The minimum Gasteiger partial charge on any atom is -0.491 e. The quantitative estimate of drug-likeness (QED) is 0.919. The summed E-state index contributed by atoms with van der Waals surface area (Å²) >= 11 is 0. The first-order valence-corrected chi connectivity index (χ1v) is 7.27. The molecule has 1 aromatic carbocycles. The van der Waals surface area contributed by atoms with Crippen LogP contribution in [0.1, 0.15) is 37.0 Å². The third-order valence-corrected chi connectivity index (χ3v) is 3.54. The molecule has 0 bridgehead atoms. The van der Waals surface area contributed by atoms with Gasteiger partial charge in [0.25, 0.3) is 5.91 Å². The number of aliphatic hydroxyl groups is 1. The zero-order valence-electron chi connectivity index (χ0n) is 12.2. The molecule has 1 atom stereocenters. The highest BCUT2D eigenvalue weighted by molar-refractivity contribution is 5.94. The fourth-order valence-corrected chi connectivity index (χ4v) is 2.53. The van der Waals surface area contributed by atoms with Gasteiger partial charge in [-0.15, -0.1) is 0 Å². The average Bonchev–Trinajstić information content (AvgIpc) is 2.47. The number of carbonyl (C=O) groups excluding carboxylic acids is 1. The van der Waals surface area contributed by atoms with E-state index in [2.05, 4.69) is 0 Å². The molecule has 1 fully saturated rings. The van der Waals surface area contributed by atoms with E-state index in [1.807, 2.05) is 43.0 Å². The Balaban J connectivity index is 2.01. The summed E-state index contributed by atoms with van der Waals surface area (Å²) in [6.07, 6.45) is 2.09. The van der Waals surface area contributed by atoms with E-state index in [-0.39, 0.29) is 24.5 Å². The highest BCUT2D eigenvalue weighted by Crippen LogP contribution is 2.20. The predicted molar refractivity (Wildman–Crippen MR) is 77.9 cm³/mol. The van der Waals surface area contributed by atoms with Crippen LogP contribution in [-0.2, 0) is 0 Å². The number of hydrogen-bond acceptors (Lipinski definition) is 3. The number of benzene rings is 1. The first-order chi connectivity index (χ1) is 9.60. The van der Waals surface area contributed by atoms with Gasteiger partial charge in [-0.3, -0.25) is 4.79 Å². The third-order valence-electron chi connectivity index (χ3n) is 3.54. The van der Waals surface area contributed by atoms with Crippen LogP contribution < -0.4 is 4.74 Å². The molecule has 1 aliphatic heterocycles. The Morgan fingerprint density at radius 2 is 2.10 bits per heavy atom. The topological polar surface area (TPSA) is 49.8 Å². The maximum absolute atomic E-state index is 12.4. The Bertz CT molecular complexity index is 442. The number of carbonyl (C=O) groups is 1. The summed E-state index contributed by atoms with van der Waals surface area (Å²) < 4.78 is 5.57. The van der Waals surface area contributed by atoms with Crippen LogP contribution >= 0.6 is 0 Å². The second kappa shape index (κ2) is 6.75. The molecule has 0 spiro atoms. The van der Waals surface area contributed by atoms with Gasteiger partial charge >= 0.3 is 0 Å². The van der Waals surface area contributed by atoms with Gasteiger partial charge in [-0.2, -0.15) is 0 Å². The fourth-order valence-electron chi connectivity index (χ4n) is 2.53. The van der Waals surface area contributed by atoms with Crippen LogP contribution in [0.3, 0.4) is 0 Å². The SMILES string of the molecule is CC(C)Oc1ccc(C(=O)N2CCCC(CO)C2)cc1. The molecule has 110 valence electrons. The Labute approximate surface area is 120 Å². The first-order valence-electron chi connectivity index (χ1n) is 7.27. The third kappa shape index (κ3) is 3.73. The molecule has 0 aliphatic carbocycles. The standard InChI is InChI=1S/C16H23NO3/c1-12(2)20-15-7-5-14(6-8-15)16(19)17-9-3-4-13(10-17)11-18/h5-8,12-13,18H,3-4,9-11H2,1-2H3. The van der Waals surface area contributed by atoms with E-state index in [1.54, 1.807) is 0 Å². The fraction of sp³-hybridized carbons (Fsp3) is 0.562. The Kier molecular flexibility index (Phi) is 5.01. The minimum absolute atomic E-state index is 0.0410. The van der Waals surface area contributed by atoms with Crippen molar-refractivity contribution in [2.45, 2.75) is 32.8 Å². The lowest BCUT2D eigenvalue weighted by Gasteiger charge is -2.31. The van der Waals surface area contributed by atoms with Crippen LogP contribution in [-0.4, -0.2) is 41.7 Å². The smallest absolute Gasteiger partial charge is 0.253 e. The number of nitrogens with zero attached hydrogens (tertiary/aromatic N) is 1. The van der Waals surface area contributed by atoms with E-state index in [9.17, 15) is 9.90 Å². The number of amides is 1. The molecule has 1 saturated heterocycles. The van der Waals surface area contributed by atoms with Crippen molar-refractivity contribution < 1.29 is 14.6 Å². The molecule has 4 heteroatoms. The normalized spacial score (nSPS) is 19.2. The van der Waals surface area contributed by atoms with Crippen molar-refractivity contribution in [3.05, 3.63) is 29.8 Å².